The zero-order chi connectivity index (χ0) is 31.8. The summed E-state index contributed by atoms with van der Waals surface area (Å²) < 4.78 is 31.2. The van der Waals surface area contributed by atoms with Gasteiger partial charge in [-0.2, -0.15) is 0 Å². The summed E-state index contributed by atoms with van der Waals surface area (Å²) in [5, 5.41) is 0.355. The molecule has 7 rings (SSSR count). The van der Waals surface area contributed by atoms with Crippen LogP contribution < -0.4 is 19.1 Å². The number of carbonyl (C=O) groups is 1. The van der Waals surface area contributed by atoms with Gasteiger partial charge in [-0.15, -0.1) is 0 Å². The molecule has 242 valence electrons. The second kappa shape index (κ2) is 12.6. The summed E-state index contributed by atoms with van der Waals surface area (Å²) in [6, 6.07) is 12.3. The summed E-state index contributed by atoms with van der Waals surface area (Å²) in [7, 11) is 3.39. The fourth-order valence-corrected chi connectivity index (χ4v) is 7.75. The summed E-state index contributed by atoms with van der Waals surface area (Å²) in [6.07, 6.45) is 8.49. The normalized spacial score (nSPS) is 18.9. The number of nitrogens with zero attached hydrogens (tertiary/aromatic N) is 4. The Labute approximate surface area is 269 Å². The zero-order valence-electron chi connectivity index (χ0n) is 26.9. The first kappa shape index (κ1) is 30.5. The van der Waals surface area contributed by atoms with Crippen LogP contribution in [-0.4, -0.2) is 85.6 Å². The molecule has 10 heteroatoms. The number of piperazine rings is 1. The standard InChI is InChI=1S/C36H42FN5O4/c1-24-14-25(15-33(44-2)34(24)45-3)22-40-10-12-42(13-11-40)28-18-36(19-28)6-8-41(9-7-36)27-5-4-26(23-43)32(16-27)46-29-17-30-31(37)21-39-35(30)38-20-29/h4-5,14-17,20-21,23,28H,6-13,18-19,22H2,1-3H3,(H,38,39). The maximum Gasteiger partial charge on any atom is 0.163 e. The van der Waals surface area contributed by atoms with E-state index in [4.69, 9.17) is 14.2 Å². The predicted molar refractivity (Wildman–Crippen MR) is 176 cm³/mol. The van der Waals surface area contributed by atoms with Crippen molar-refractivity contribution in [2.75, 3.05) is 58.4 Å². The van der Waals surface area contributed by atoms with E-state index in [9.17, 15) is 9.18 Å². The number of carbonyl (C=O) groups excluding carboxylic acids is 1. The number of hydrogen-bond acceptors (Lipinski definition) is 8. The molecule has 0 amide bonds. The first-order valence-corrected chi connectivity index (χ1v) is 16.2. The molecule has 0 radical (unpaired) electrons. The highest BCUT2D eigenvalue weighted by Gasteiger charge is 2.48. The van der Waals surface area contributed by atoms with E-state index in [1.54, 1.807) is 26.4 Å². The molecule has 1 aliphatic carbocycles. The average Bonchev–Trinajstić information content (AvgIpc) is 3.43. The smallest absolute Gasteiger partial charge is 0.163 e. The van der Waals surface area contributed by atoms with Gasteiger partial charge in [0, 0.05) is 69.8 Å². The van der Waals surface area contributed by atoms with E-state index in [1.807, 2.05) is 12.1 Å². The third-order valence-corrected chi connectivity index (χ3v) is 10.4. The third kappa shape index (κ3) is 5.91. The molecule has 2 aromatic heterocycles. The third-order valence-electron chi connectivity index (χ3n) is 10.4. The lowest BCUT2D eigenvalue weighted by Gasteiger charge is -2.56. The van der Waals surface area contributed by atoms with Gasteiger partial charge >= 0.3 is 0 Å². The minimum atomic E-state index is -0.388. The number of nitrogens with one attached hydrogen (secondary N) is 1. The Kier molecular flexibility index (Phi) is 8.33. The van der Waals surface area contributed by atoms with Crippen molar-refractivity contribution < 1.29 is 23.4 Å². The second-order valence-electron chi connectivity index (χ2n) is 13.2. The Hall–Kier alpha value is -4.15. The van der Waals surface area contributed by atoms with E-state index in [-0.39, 0.29) is 5.82 Å². The molecule has 1 spiro atoms. The molecular formula is C36H42FN5O4. The molecule has 3 aliphatic rings. The van der Waals surface area contributed by atoms with Crippen LogP contribution in [0.15, 0.2) is 48.8 Å². The number of H-pyrrole nitrogens is 1. The predicted octanol–water partition coefficient (Wildman–Crippen LogP) is 6.20. The number of piperidine rings is 1. The Morgan fingerprint density at radius 2 is 1.78 bits per heavy atom. The largest absolute Gasteiger partial charge is 0.493 e. The van der Waals surface area contributed by atoms with Crippen molar-refractivity contribution in [1.82, 2.24) is 19.8 Å². The number of aromatic nitrogens is 2. The van der Waals surface area contributed by atoms with Crippen molar-refractivity contribution in [3.8, 4) is 23.0 Å². The Balaban J connectivity index is 0.912. The van der Waals surface area contributed by atoms with Gasteiger partial charge in [-0.25, -0.2) is 9.37 Å². The minimum absolute atomic E-state index is 0.355. The van der Waals surface area contributed by atoms with Gasteiger partial charge in [0.25, 0.3) is 0 Å². The maximum atomic E-state index is 14.1. The van der Waals surface area contributed by atoms with E-state index in [0.29, 0.717) is 39.6 Å². The molecule has 0 unspecified atom stereocenters. The number of pyridine rings is 1. The van der Waals surface area contributed by atoms with Crippen molar-refractivity contribution in [2.24, 2.45) is 5.41 Å². The van der Waals surface area contributed by atoms with Crippen molar-refractivity contribution in [3.63, 3.8) is 0 Å². The fourth-order valence-electron chi connectivity index (χ4n) is 7.75. The molecule has 2 saturated heterocycles. The highest BCUT2D eigenvalue weighted by Crippen LogP contribution is 2.51. The van der Waals surface area contributed by atoms with E-state index in [2.05, 4.69) is 43.7 Å². The molecule has 4 heterocycles. The molecule has 2 aliphatic heterocycles. The number of halogens is 1. The summed E-state index contributed by atoms with van der Waals surface area (Å²) >= 11 is 0. The molecule has 1 saturated carbocycles. The monoisotopic (exact) mass is 627 g/mol. The summed E-state index contributed by atoms with van der Waals surface area (Å²) in [6.45, 7) is 9.35. The second-order valence-corrected chi connectivity index (χ2v) is 13.2. The van der Waals surface area contributed by atoms with Crippen molar-refractivity contribution in [1.29, 1.82) is 0 Å². The molecule has 0 atom stereocenters. The van der Waals surface area contributed by atoms with E-state index < -0.39 is 0 Å². The van der Waals surface area contributed by atoms with Gasteiger partial charge in [0.15, 0.2) is 17.8 Å². The number of anilines is 1. The highest BCUT2D eigenvalue weighted by molar-refractivity contribution is 5.82. The van der Waals surface area contributed by atoms with Gasteiger partial charge in [0.05, 0.1) is 31.4 Å². The zero-order valence-corrected chi connectivity index (χ0v) is 26.9. The first-order chi connectivity index (χ1) is 22.4. The maximum absolute atomic E-state index is 14.1. The van der Waals surface area contributed by atoms with Crippen molar-refractivity contribution in [3.05, 3.63) is 71.3 Å². The molecule has 4 aromatic rings. The van der Waals surface area contributed by atoms with Crippen LogP contribution in [0.25, 0.3) is 11.0 Å². The number of ether oxygens (including phenoxy) is 3. The van der Waals surface area contributed by atoms with Gasteiger partial charge in [-0.1, -0.05) is 6.07 Å². The number of hydrogen-bond donors (Lipinski definition) is 1. The molecule has 2 aromatic carbocycles. The number of aldehydes is 1. The van der Waals surface area contributed by atoms with Crippen molar-refractivity contribution in [2.45, 2.75) is 45.2 Å². The van der Waals surface area contributed by atoms with Crippen LogP contribution in [0, 0.1) is 18.2 Å². The van der Waals surface area contributed by atoms with Crippen LogP contribution in [0.3, 0.4) is 0 Å². The van der Waals surface area contributed by atoms with Gasteiger partial charge in [0.2, 0.25) is 0 Å². The lowest BCUT2D eigenvalue weighted by atomic mass is 9.60. The molecule has 1 N–H and O–H groups in total. The first-order valence-electron chi connectivity index (χ1n) is 16.2. The lowest BCUT2D eigenvalue weighted by Crippen LogP contribution is -2.59. The number of fused-ring (bicyclic) bond motifs is 1. The van der Waals surface area contributed by atoms with Crippen LogP contribution >= 0.6 is 0 Å². The SMILES string of the molecule is COc1cc(CN2CCN(C3CC4(CCN(c5ccc(C=O)c(Oc6cnc7[nH]cc(F)c7c6)c5)CC4)C3)CC2)cc(C)c1OC. The van der Waals surface area contributed by atoms with Gasteiger partial charge in [-0.3, -0.25) is 14.6 Å². The van der Waals surface area contributed by atoms with Gasteiger partial charge < -0.3 is 24.1 Å². The van der Waals surface area contributed by atoms with E-state index in [1.165, 1.54) is 43.6 Å². The quantitative estimate of drug-likeness (QED) is 0.220. The Morgan fingerprint density at radius 3 is 2.50 bits per heavy atom. The van der Waals surface area contributed by atoms with Gasteiger partial charge in [-0.05, 0) is 73.4 Å². The number of benzene rings is 2. The molecule has 3 fully saturated rings. The van der Waals surface area contributed by atoms with Crippen molar-refractivity contribution >= 4 is 23.0 Å². The summed E-state index contributed by atoms with van der Waals surface area (Å²) in [5.41, 5.74) is 4.75. The summed E-state index contributed by atoms with van der Waals surface area (Å²) in [4.78, 5) is 26.5. The number of aromatic amines is 1. The highest BCUT2D eigenvalue weighted by atomic mass is 19.1. The Morgan fingerprint density at radius 1 is 1.00 bits per heavy atom. The van der Waals surface area contributed by atoms with E-state index >= 15 is 0 Å². The van der Waals surface area contributed by atoms with Crippen LogP contribution in [0.2, 0.25) is 0 Å². The van der Waals surface area contributed by atoms with Crippen LogP contribution in [0.4, 0.5) is 10.1 Å². The molecule has 9 nitrogen and oxygen atoms in total. The van der Waals surface area contributed by atoms with Crippen LogP contribution in [0.5, 0.6) is 23.0 Å². The molecular weight excluding hydrogens is 585 g/mol. The number of aryl methyl sites for hydroxylation is 1. The van der Waals surface area contributed by atoms with Crippen LogP contribution in [0.1, 0.15) is 47.2 Å². The lowest BCUT2D eigenvalue weighted by molar-refractivity contribution is -0.0355. The average molecular weight is 628 g/mol. The molecule has 46 heavy (non-hydrogen) atoms. The fraction of sp³-hybridized carbons (Fsp3) is 0.444. The van der Waals surface area contributed by atoms with Gasteiger partial charge in [0.1, 0.15) is 23.0 Å². The number of methoxy groups -OCH3 is 2. The topological polar surface area (TPSA) is 83.2 Å². The summed E-state index contributed by atoms with van der Waals surface area (Å²) in [5.74, 6) is 2.07. The minimum Gasteiger partial charge on any atom is -0.493 e. The Bertz CT molecular complexity index is 1720. The van der Waals surface area contributed by atoms with Crippen LogP contribution in [-0.2, 0) is 6.54 Å². The number of rotatable bonds is 9. The molecule has 0 bridgehead atoms. The van der Waals surface area contributed by atoms with E-state index in [0.717, 1.165) is 74.8 Å².